The van der Waals surface area contributed by atoms with Crippen molar-refractivity contribution in [2.24, 2.45) is 0 Å². The Morgan fingerprint density at radius 1 is 1.50 bits per heavy atom. The molecule has 1 fully saturated rings. The molecule has 2 nitrogen and oxygen atoms in total. The first-order valence-corrected chi connectivity index (χ1v) is 6.43. The van der Waals surface area contributed by atoms with Gasteiger partial charge >= 0.3 is 0 Å². The SMILES string of the molecule is COC1(CC(=O)Cc2ccc(F)c(Cl)c2)CCC1. The molecule has 0 N–H and O–H groups in total. The van der Waals surface area contributed by atoms with E-state index in [9.17, 15) is 9.18 Å². The number of hydrogen-bond donors (Lipinski definition) is 0. The quantitative estimate of drug-likeness (QED) is 0.818. The molecule has 18 heavy (non-hydrogen) atoms. The minimum Gasteiger partial charge on any atom is -0.378 e. The van der Waals surface area contributed by atoms with Crippen molar-refractivity contribution in [2.75, 3.05) is 7.11 Å². The summed E-state index contributed by atoms with van der Waals surface area (Å²) in [5, 5.41) is 0.0606. The lowest BCUT2D eigenvalue weighted by Gasteiger charge is -2.40. The van der Waals surface area contributed by atoms with Crippen molar-refractivity contribution >= 4 is 17.4 Å². The zero-order chi connectivity index (χ0) is 13.2. The summed E-state index contributed by atoms with van der Waals surface area (Å²) in [6, 6.07) is 4.40. The van der Waals surface area contributed by atoms with E-state index in [0.29, 0.717) is 6.42 Å². The molecule has 0 heterocycles. The Morgan fingerprint density at radius 2 is 2.22 bits per heavy atom. The molecule has 1 saturated carbocycles. The van der Waals surface area contributed by atoms with Gasteiger partial charge in [0, 0.05) is 20.0 Å². The van der Waals surface area contributed by atoms with E-state index in [1.54, 1.807) is 13.2 Å². The number of rotatable bonds is 5. The summed E-state index contributed by atoms with van der Waals surface area (Å²) < 4.78 is 18.4. The van der Waals surface area contributed by atoms with Crippen LogP contribution < -0.4 is 0 Å². The van der Waals surface area contributed by atoms with Gasteiger partial charge in [0.2, 0.25) is 0 Å². The van der Waals surface area contributed by atoms with E-state index < -0.39 is 5.82 Å². The van der Waals surface area contributed by atoms with Crippen LogP contribution in [0.1, 0.15) is 31.2 Å². The van der Waals surface area contributed by atoms with Crippen LogP contribution in [0.25, 0.3) is 0 Å². The number of ether oxygens (including phenoxy) is 1. The van der Waals surface area contributed by atoms with E-state index in [-0.39, 0.29) is 22.8 Å². The van der Waals surface area contributed by atoms with Crippen molar-refractivity contribution in [3.05, 3.63) is 34.6 Å². The van der Waals surface area contributed by atoms with Crippen molar-refractivity contribution in [1.29, 1.82) is 0 Å². The average Bonchev–Trinajstić information content (AvgIpc) is 2.29. The van der Waals surface area contributed by atoms with E-state index in [1.165, 1.54) is 12.1 Å². The van der Waals surface area contributed by atoms with Gasteiger partial charge in [0.15, 0.2) is 0 Å². The van der Waals surface area contributed by atoms with Gasteiger partial charge in [0.05, 0.1) is 10.6 Å². The van der Waals surface area contributed by atoms with Crippen LogP contribution in [0, 0.1) is 5.82 Å². The minimum atomic E-state index is -0.458. The molecule has 0 unspecified atom stereocenters. The summed E-state index contributed by atoms with van der Waals surface area (Å²) in [6.07, 6.45) is 3.71. The van der Waals surface area contributed by atoms with Gasteiger partial charge in [-0.2, -0.15) is 0 Å². The van der Waals surface area contributed by atoms with Crippen molar-refractivity contribution in [1.82, 2.24) is 0 Å². The highest BCUT2D eigenvalue weighted by molar-refractivity contribution is 6.30. The van der Waals surface area contributed by atoms with Gasteiger partial charge in [0.25, 0.3) is 0 Å². The second kappa shape index (κ2) is 5.37. The molecule has 0 aliphatic heterocycles. The average molecular weight is 271 g/mol. The molecule has 1 aliphatic carbocycles. The maximum Gasteiger partial charge on any atom is 0.141 e. The lowest BCUT2D eigenvalue weighted by Crippen LogP contribution is -2.41. The van der Waals surface area contributed by atoms with E-state index in [1.807, 2.05) is 0 Å². The highest BCUT2D eigenvalue weighted by Gasteiger charge is 2.38. The maximum absolute atomic E-state index is 13.0. The van der Waals surface area contributed by atoms with Gasteiger partial charge in [-0.05, 0) is 37.0 Å². The fourth-order valence-corrected chi connectivity index (χ4v) is 2.53. The van der Waals surface area contributed by atoms with E-state index in [4.69, 9.17) is 16.3 Å². The lowest BCUT2D eigenvalue weighted by molar-refractivity contribution is -0.131. The van der Waals surface area contributed by atoms with Crippen LogP contribution in [0.5, 0.6) is 0 Å². The molecule has 98 valence electrons. The Labute approximate surface area is 111 Å². The normalized spacial score (nSPS) is 17.3. The molecule has 1 aromatic carbocycles. The fraction of sp³-hybridized carbons (Fsp3) is 0.500. The first-order valence-electron chi connectivity index (χ1n) is 6.05. The minimum absolute atomic E-state index is 0.0606. The Kier molecular flexibility index (Phi) is 4.03. The van der Waals surface area contributed by atoms with Gasteiger partial charge < -0.3 is 4.74 Å². The van der Waals surface area contributed by atoms with Gasteiger partial charge in [-0.1, -0.05) is 17.7 Å². The molecule has 0 amide bonds. The van der Waals surface area contributed by atoms with Crippen molar-refractivity contribution in [2.45, 2.75) is 37.7 Å². The topological polar surface area (TPSA) is 26.3 Å². The van der Waals surface area contributed by atoms with E-state index >= 15 is 0 Å². The molecule has 0 bridgehead atoms. The van der Waals surface area contributed by atoms with Crippen molar-refractivity contribution < 1.29 is 13.9 Å². The number of hydrogen-bond acceptors (Lipinski definition) is 2. The van der Waals surface area contributed by atoms with Crippen LogP contribution in [0.2, 0.25) is 5.02 Å². The van der Waals surface area contributed by atoms with Crippen LogP contribution >= 0.6 is 11.6 Å². The molecule has 4 heteroatoms. The number of carbonyl (C=O) groups is 1. The van der Waals surface area contributed by atoms with Crippen LogP contribution in [-0.2, 0) is 16.0 Å². The standard InChI is InChI=1S/C14H16ClFO2/c1-18-14(5-2-6-14)9-11(17)7-10-3-4-13(16)12(15)8-10/h3-4,8H,2,5-7,9H2,1H3. The third-order valence-corrected chi connectivity index (χ3v) is 3.89. The molecule has 0 aromatic heterocycles. The van der Waals surface area contributed by atoms with Crippen LogP contribution in [0.15, 0.2) is 18.2 Å². The van der Waals surface area contributed by atoms with Crippen LogP contribution in [0.3, 0.4) is 0 Å². The van der Waals surface area contributed by atoms with Gasteiger partial charge in [-0.15, -0.1) is 0 Å². The summed E-state index contributed by atoms with van der Waals surface area (Å²) >= 11 is 5.69. The second-order valence-corrected chi connectivity index (χ2v) is 5.29. The van der Waals surface area contributed by atoms with Crippen molar-refractivity contribution in [3.63, 3.8) is 0 Å². The summed E-state index contributed by atoms with van der Waals surface area (Å²) in [6.45, 7) is 0. The molecule has 2 rings (SSSR count). The monoisotopic (exact) mass is 270 g/mol. The van der Waals surface area contributed by atoms with Crippen molar-refractivity contribution in [3.8, 4) is 0 Å². The molecule has 0 saturated heterocycles. The molecule has 1 aromatic rings. The zero-order valence-electron chi connectivity index (χ0n) is 10.3. The molecular formula is C14H16ClFO2. The first-order chi connectivity index (χ1) is 8.54. The summed E-state index contributed by atoms with van der Waals surface area (Å²) in [4.78, 5) is 12.0. The Balaban J connectivity index is 1.96. The molecule has 0 radical (unpaired) electrons. The summed E-state index contributed by atoms with van der Waals surface area (Å²) in [5.41, 5.74) is 0.498. The van der Waals surface area contributed by atoms with Gasteiger partial charge in [-0.25, -0.2) is 4.39 Å². The molecule has 1 aliphatic rings. The Morgan fingerprint density at radius 3 is 2.72 bits per heavy atom. The van der Waals surface area contributed by atoms with E-state index in [2.05, 4.69) is 0 Å². The largest absolute Gasteiger partial charge is 0.378 e. The fourth-order valence-electron chi connectivity index (χ4n) is 2.32. The maximum atomic E-state index is 13.0. The third-order valence-electron chi connectivity index (χ3n) is 3.60. The zero-order valence-corrected chi connectivity index (χ0v) is 11.1. The van der Waals surface area contributed by atoms with Gasteiger partial charge in [-0.3, -0.25) is 4.79 Å². The summed E-state index contributed by atoms with van der Waals surface area (Å²) in [5.74, 6) is -0.348. The van der Waals surface area contributed by atoms with Gasteiger partial charge in [0.1, 0.15) is 11.6 Å². The number of benzene rings is 1. The number of halogens is 2. The van der Waals surface area contributed by atoms with Crippen LogP contribution in [0.4, 0.5) is 4.39 Å². The second-order valence-electron chi connectivity index (χ2n) is 4.88. The number of methoxy groups -OCH3 is 1. The molecular weight excluding hydrogens is 255 g/mol. The predicted molar refractivity (Wildman–Crippen MR) is 68.3 cm³/mol. The Hall–Kier alpha value is -0.930. The lowest BCUT2D eigenvalue weighted by atomic mass is 9.76. The third kappa shape index (κ3) is 2.90. The summed E-state index contributed by atoms with van der Waals surface area (Å²) in [7, 11) is 1.65. The highest BCUT2D eigenvalue weighted by atomic mass is 35.5. The predicted octanol–water partition coefficient (Wildman–Crippen LogP) is 3.55. The number of Topliss-reactive ketones (excluding diaryl/α,β-unsaturated/α-hetero) is 1. The molecule has 0 atom stereocenters. The van der Waals surface area contributed by atoms with Crippen LogP contribution in [-0.4, -0.2) is 18.5 Å². The molecule has 0 spiro atoms. The first kappa shape index (κ1) is 13.5. The highest BCUT2D eigenvalue weighted by Crippen LogP contribution is 2.38. The Bertz CT molecular complexity index is 450. The number of carbonyl (C=O) groups excluding carboxylic acids is 1. The van der Waals surface area contributed by atoms with E-state index in [0.717, 1.165) is 24.8 Å². The number of ketones is 1. The smallest absolute Gasteiger partial charge is 0.141 e.